The van der Waals surface area contributed by atoms with Crippen LogP contribution in [0, 0.1) is 12.3 Å². The summed E-state index contributed by atoms with van der Waals surface area (Å²) in [4.78, 5) is 24.5. The van der Waals surface area contributed by atoms with Gasteiger partial charge in [0.1, 0.15) is 0 Å². The summed E-state index contributed by atoms with van der Waals surface area (Å²) < 4.78 is 0. The van der Waals surface area contributed by atoms with Crippen molar-refractivity contribution in [1.82, 2.24) is 0 Å². The summed E-state index contributed by atoms with van der Waals surface area (Å²) in [6, 6.07) is 7.55. The predicted molar refractivity (Wildman–Crippen MR) is 70.6 cm³/mol. The van der Waals surface area contributed by atoms with Crippen LogP contribution in [0.25, 0.3) is 0 Å². The molecule has 0 fully saturated rings. The Balaban J connectivity index is 2.93. The van der Waals surface area contributed by atoms with Crippen LogP contribution < -0.4 is 4.90 Å². The Morgan fingerprint density at radius 1 is 1.33 bits per heavy atom. The van der Waals surface area contributed by atoms with Gasteiger partial charge in [-0.15, -0.1) is 0 Å². The van der Waals surface area contributed by atoms with Crippen molar-refractivity contribution < 1.29 is 14.7 Å². The molecule has 0 spiro atoms. The van der Waals surface area contributed by atoms with Gasteiger partial charge in [-0.1, -0.05) is 26.0 Å². The fraction of sp³-hybridized carbons (Fsp3) is 0.429. The van der Waals surface area contributed by atoms with Crippen molar-refractivity contribution in [3.05, 3.63) is 29.8 Å². The summed E-state index contributed by atoms with van der Waals surface area (Å²) >= 11 is 0. The largest absolute Gasteiger partial charge is 0.481 e. The van der Waals surface area contributed by atoms with Crippen LogP contribution in [0.2, 0.25) is 0 Å². The summed E-state index contributed by atoms with van der Waals surface area (Å²) in [5.74, 6) is -1.17. The molecule has 1 amide bonds. The zero-order valence-electron chi connectivity index (χ0n) is 11.2. The number of anilines is 1. The van der Waals surface area contributed by atoms with Gasteiger partial charge < -0.3 is 10.0 Å². The molecule has 18 heavy (non-hydrogen) atoms. The minimum Gasteiger partial charge on any atom is -0.481 e. The molecule has 0 aromatic heterocycles. The first-order valence-electron chi connectivity index (χ1n) is 5.80. The van der Waals surface area contributed by atoms with Crippen LogP contribution in [0.15, 0.2) is 24.3 Å². The highest BCUT2D eigenvalue weighted by Crippen LogP contribution is 2.26. The van der Waals surface area contributed by atoms with E-state index in [0.29, 0.717) is 0 Å². The average molecular weight is 249 g/mol. The van der Waals surface area contributed by atoms with Gasteiger partial charge in [0.15, 0.2) is 0 Å². The van der Waals surface area contributed by atoms with E-state index in [4.69, 9.17) is 5.11 Å². The SMILES string of the molecule is Cc1cccc(N(C)C(=O)C(C)(C)CC(=O)O)c1. The molecule has 0 atom stereocenters. The van der Waals surface area contributed by atoms with Crippen molar-refractivity contribution in [2.75, 3.05) is 11.9 Å². The maximum atomic E-state index is 12.3. The van der Waals surface area contributed by atoms with Crippen molar-refractivity contribution in [1.29, 1.82) is 0 Å². The number of rotatable bonds is 4. The lowest BCUT2D eigenvalue weighted by atomic mass is 9.87. The number of carboxylic acids is 1. The number of hydrogen-bond donors (Lipinski definition) is 1. The Morgan fingerprint density at radius 3 is 2.44 bits per heavy atom. The van der Waals surface area contributed by atoms with Crippen LogP contribution in [0.5, 0.6) is 0 Å². The molecule has 0 saturated heterocycles. The van der Waals surface area contributed by atoms with Gasteiger partial charge >= 0.3 is 5.97 Å². The van der Waals surface area contributed by atoms with Gasteiger partial charge in [0.2, 0.25) is 5.91 Å². The van der Waals surface area contributed by atoms with Gasteiger partial charge in [0, 0.05) is 12.7 Å². The van der Waals surface area contributed by atoms with E-state index in [-0.39, 0.29) is 12.3 Å². The van der Waals surface area contributed by atoms with Crippen molar-refractivity contribution in [3.8, 4) is 0 Å². The molecule has 98 valence electrons. The Hall–Kier alpha value is -1.84. The van der Waals surface area contributed by atoms with E-state index < -0.39 is 11.4 Å². The third kappa shape index (κ3) is 3.32. The molecule has 0 aliphatic heterocycles. The Kier molecular flexibility index (Phi) is 4.11. The third-order valence-electron chi connectivity index (χ3n) is 2.87. The highest BCUT2D eigenvalue weighted by Gasteiger charge is 2.33. The van der Waals surface area contributed by atoms with Gasteiger partial charge in [-0.25, -0.2) is 0 Å². The standard InChI is InChI=1S/C14H19NO3/c1-10-6-5-7-11(8-10)15(4)13(18)14(2,3)9-12(16)17/h5-8H,9H2,1-4H3,(H,16,17). The molecular formula is C14H19NO3. The lowest BCUT2D eigenvalue weighted by Crippen LogP contribution is -2.39. The summed E-state index contributed by atoms with van der Waals surface area (Å²) in [5, 5.41) is 8.82. The van der Waals surface area contributed by atoms with Crippen LogP contribution in [0.3, 0.4) is 0 Å². The molecule has 0 bridgehead atoms. The van der Waals surface area contributed by atoms with E-state index in [9.17, 15) is 9.59 Å². The number of carbonyl (C=O) groups is 2. The quantitative estimate of drug-likeness (QED) is 0.891. The zero-order chi connectivity index (χ0) is 13.9. The van der Waals surface area contributed by atoms with Crippen LogP contribution in [0.1, 0.15) is 25.8 Å². The first-order chi connectivity index (χ1) is 8.24. The van der Waals surface area contributed by atoms with Crippen LogP contribution in [-0.2, 0) is 9.59 Å². The van der Waals surface area contributed by atoms with E-state index in [1.807, 2.05) is 31.2 Å². The van der Waals surface area contributed by atoms with Crippen molar-refractivity contribution in [2.24, 2.45) is 5.41 Å². The molecule has 0 aliphatic carbocycles. The number of amides is 1. The monoisotopic (exact) mass is 249 g/mol. The smallest absolute Gasteiger partial charge is 0.304 e. The third-order valence-corrected chi connectivity index (χ3v) is 2.87. The second-order valence-corrected chi connectivity index (χ2v) is 5.16. The number of aliphatic carboxylic acids is 1. The zero-order valence-corrected chi connectivity index (χ0v) is 11.2. The summed E-state index contributed by atoms with van der Waals surface area (Å²) in [6.45, 7) is 5.25. The first-order valence-corrected chi connectivity index (χ1v) is 5.80. The van der Waals surface area contributed by atoms with Gasteiger partial charge in [-0.3, -0.25) is 9.59 Å². The predicted octanol–water partition coefficient (Wildman–Crippen LogP) is 2.46. The Morgan fingerprint density at radius 2 is 1.94 bits per heavy atom. The fourth-order valence-corrected chi connectivity index (χ4v) is 1.86. The lowest BCUT2D eigenvalue weighted by molar-refractivity contribution is -0.143. The fourth-order valence-electron chi connectivity index (χ4n) is 1.86. The minimum absolute atomic E-state index is 0.179. The van der Waals surface area contributed by atoms with Crippen LogP contribution >= 0.6 is 0 Å². The van der Waals surface area contributed by atoms with Gasteiger partial charge in [-0.05, 0) is 24.6 Å². The topological polar surface area (TPSA) is 57.6 Å². The van der Waals surface area contributed by atoms with Gasteiger partial charge in [-0.2, -0.15) is 0 Å². The van der Waals surface area contributed by atoms with E-state index in [0.717, 1.165) is 11.3 Å². The first kappa shape index (κ1) is 14.2. The highest BCUT2D eigenvalue weighted by molar-refractivity contribution is 5.98. The normalized spacial score (nSPS) is 11.1. The molecule has 0 heterocycles. The number of carbonyl (C=O) groups excluding carboxylic acids is 1. The lowest BCUT2D eigenvalue weighted by Gasteiger charge is -2.28. The summed E-state index contributed by atoms with van der Waals surface area (Å²) in [5.41, 5.74) is 0.922. The van der Waals surface area contributed by atoms with E-state index >= 15 is 0 Å². The number of hydrogen-bond acceptors (Lipinski definition) is 2. The molecule has 0 aliphatic rings. The molecule has 1 rings (SSSR count). The summed E-state index contributed by atoms with van der Waals surface area (Å²) in [6.07, 6.45) is -0.179. The average Bonchev–Trinajstić information content (AvgIpc) is 2.25. The molecule has 0 radical (unpaired) electrons. The molecule has 1 N–H and O–H groups in total. The minimum atomic E-state index is -0.967. The van der Waals surface area contributed by atoms with Crippen molar-refractivity contribution in [2.45, 2.75) is 27.2 Å². The van der Waals surface area contributed by atoms with E-state index in [1.165, 1.54) is 4.90 Å². The molecule has 0 unspecified atom stereocenters. The van der Waals surface area contributed by atoms with Gasteiger partial charge in [0.25, 0.3) is 0 Å². The molecular weight excluding hydrogens is 230 g/mol. The number of carboxylic acid groups (broad SMARTS) is 1. The van der Waals surface area contributed by atoms with E-state index in [1.54, 1.807) is 20.9 Å². The van der Waals surface area contributed by atoms with Crippen molar-refractivity contribution in [3.63, 3.8) is 0 Å². The number of nitrogens with zero attached hydrogens (tertiary/aromatic N) is 1. The second kappa shape index (κ2) is 5.21. The Labute approximate surface area is 107 Å². The molecule has 1 aromatic carbocycles. The van der Waals surface area contributed by atoms with Crippen LogP contribution in [-0.4, -0.2) is 24.0 Å². The summed E-state index contributed by atoms with van der Waals surface area (Å²) in [7, 11) is 1.67. The molecule has 4 heteroatoms. The Bertz CT molecular complexity index is 466. The number of benzene rings is 1. The van der Waals surface area contributed by atoms with Crippen molar-refractivity contribution >= 4 is 17.6 Å². The maximum Gasteiger partial charge on any atom is 0.304 e. The number of aryl methyl sites for hydroxylation is 1. The van der Waals surface area contributed by atoms with Crippen LogP contribution in [0.4, 0.5) is 5.69 Å². The molecule has 1 aromatic rings. The maximum absolute atomic E-state index is 12.3. The van der Waals surface area contributed by atoms with E-state index in [2.05, 4.69) is 0 Å². The second-order valence-electron chi connectivity index (χ2n) is 5.16. The molecule has 0 saturated carbocycles. The molecule has 4 nitrogen and oxygen atoms in total. The highest BCUT2D eigenvalue weighted by atomic mass is 16.4. The van der Waals surface area contributed by atoms with Gasteiger partial charge in [0.05, 0.1) is 11.8 Å².